The van der Waals surface area contributed by atoms with Gasteiger partial charge in [0.1, 0.15) is 0 Å². The highest BCUT2D eigenvalue weighted by Crippen LogP contribution is 2.61. The van der Waals surface area contributed by atoms with E-state index in [0.29, 0.717) is 23.3 Å². The van der Waals surface area contributed by atoms with Crippen LogP contribution >= 0.6 is 0 Å². The Bertz CT molecular complexity index is 848. The van der Waals surface area contributed by atoms with Gasteiger partial charge >= 0.3 is 0 Å². The van der Waals surface area contributed by atoms with Crippen LogP contribution in [0, 0.1) is 29.1 Å². The number of Topliss-reactive ketones (excluding diaryl/α,β-unsaturated/α-hetero) is 1. The molecule has 1 aromatic carbocycles. The van der Waals surface area contributed by atoms with Gasteiger partial charge in [0, 0.05) is 6.42 Å². The van der Waals surface area contributed by atoms with Gasteiger partial charge in [-0.2, -0.15) is 0 Å². The highest BCUT2D eigenvalue weighted by atomic mass is 16.2. The van der Waals surface area contributed by atoms with Gasteiger partial charge in [0.2, 0.25) is 0 Å². The molecule has 2 nitrogen and oxygen atoms in total. The van der Waals surface area contributed by atoms with Crippen LogP contribution in [0.25, 0.3) is 5.57 Å². The first-order chi connectivity index (χ1) is 14.3. The van der Waals surface area contributed by atoms with Gasteiger partial charge in [0.05, 0.1) is 11.8 Å². The summed E-state index contributed by atoms with van der Waals surface area (Å²) in [4.78, 5) is 12.2. The molecule has 0 saturated heterocycles. The molecule has 1 fully saturated rings. The van der Waals surface area contributed by atoms with Crippen molar-refractivity contribution in [1.29, 1.82) is 0 Å². The first-order valence-electron chi connectivity index (χ1n) is 12.3. The lowest BCUT2D eigenvalue weighted by Gasteiger charge is -2.45. The van der Waals surface area contributed by atoms with Crippen LogP contribution in [0.4, 0.5) is 0 Å². The number of rotatable bonds is 5. The molecular formula is C28H40O2. The molecule has 30 heavy (non-hydrogen) atoms. The third-order valence-corrected chi connectivity index (χ3v) is 9.39. The summed E-state index contributed by atoms with van der Waals surface area (Å²) in [6, 6.07) is 4.42. The van der Waals surface area contributed by atoms with Crippen molar-refractivity contribution in [2.75, 3.05) is 0 Å². The van der Waals surface area contributed by atoms with E-state index in [0.717, 1.165) is 48.3 Å². The van der Waals surface area contributed by atoms with E-state index in [1.807, 2.05) is 0 Å². The maximum atomic E-state index is 12.2. The molecule has 1 aromatic rings. The van der Waals surface area contributed by atoms with Crippen molar-refractivity contribution in [3.8, 4) is 0 Å². The number of hydrogen-bond acceptors (Lipinski definition) is 2. The average molecular weight is 409 g/mol. The normalized spacial score (nSPS) is 31.4. The van der Waals surface area contributed by atoms with Crippen molar-refractivity contribution < 1.29 is 9.90 Å². The summed E-state index contributed by atoms with van der Waals surface area (Å²) in [7, 11) is 0. The molecule has 164 valence electrons. The maximum absolute atomic E-state index is 12.2. The zero-order chi connectivity index (χ0) is 21.6. The van der Waals surface area contributed by atoms with Gasteiger partial charge in [-0.1, -0.05) is 59.6 Å². The van der Waals surface area contributed by atoms with E-state index in [4.69, 9.17) is 0 Å². The minimum Gasteiger partial charge on any atom is -0.515 e. The summed E-state index contributed by atoms with van der Waals surface area (Å²) < 4.78 is 0. The summed E-state index contributed by atoms with van der Waals surface area (Å²) in [5.41, 5.74) is 6.31. The maximum Gasteiger partial charge on any atom is 0.166 e. The standard InChI is InChI=1S/C28H40O2/c1-17(2)18(3)6-7-19(4)25-11-12-26-23-9-8-21-20(10-13-27(30)24(21)16-29)22(23)14-15-28(25,26)5/h8-9,16-19,25-26,29H,6-7,10-15H2,1-5H3/b24-16+/t18-,19+,25-,26-,28+/m0/s1. The average Bonchev–Trinajstić information content (AvgIpc) is 3.08. The lowest BCUT2D eigenvalue weighted by Crippen LogP contribution is -2.36. The Morgan fingerprint density at radius 1 is 1.07 bits per heavy atom. The molecule has 0 aromatic heterocycles. The molecule has 5 atom stereocenters. The lowest BCUT2D eigenvalue weighted by atomic mass is 9.59. The molecule has 0 radical (unpaired) electrons. The van der Waals surface area contributed by atoms with E-state index in [2.05, 4.69) is 46.8 Å². The van der Waals surface area contributed by atoms with E-state index in [1.54, 1.807) is 5.56 Å². The molecule has 0 aliphatic heterocycles. The van der Waals surface area contributed by atoms with E-state index in [9.17, 15) is 9.90 Å². The fourth-order valence-corrected chi connectivity index (χ4v) is 7.06. The van der Waals surface area contributed by atoms with Crippen molar-refractivity contribution >= 4 is 11.4 Å². The first-order valence-corrected chi connectivity index (χ1v) is 12.3. The zero-order valence-electron chi connectivity index (χ0n) is 19.6. The van der Waals surface area contributed by atoms with E-state index in [1.165, 1.54) is 43.2 Å². The van der Waals surface area contributed by atoms with Crippen molar-refractivity contribution in [3.63, 3.8) is 0 Å². The molecule has 0 unspecified atom stereocenters. The second kappa shape index (κ2) is 8.17. The quantitative estimate of drug-likeness (QED) is 0.411. The Labute approximate surface area is 183 Å². The van der Waals surface area contributed by atoms with Crippen molar-refractivity contribution in [2.24, 2.45) is 29.1 Å². The Kier molecular flexibility index (Phi) is 5.90. The van der Waals surface area contributed by atoms with Crippen LogP contribution in [-0.4, -0.2) is 10.9 Å². The number of aliphatic hydroxyl groups is 1. The minimum absolute atomic E-state index is 0.0796. The topological polar surface area (TPSA) is 37.3 Å². The van der Waals surface area contributed by atoms with Crippen LogP contribution in [0.15, 0.2) is 18.4 Å². The van der Waals surface area contributed by atoms with Crippen molar-refractivity contribution in [3.05, 3.63) is 40.6 Å². The van der Waals surface area contributed by atoms with Crippen LogP contribution in [0.2, 0.25) is 0 Å². The zero-order valence-corrected chi connectivity index (χ0v) is 19.6. The van der Waals surface area contributed by atoms with E-state index >= 15 is 0 Å². The number of carbonyl (C=O) groups is 1. The fraction of sp³-hybridized carbons (Fsp3) is 0.679. The minimum atomic E-state index is 0.0796. The van der Waals surface area contributed by atoms with Gasteiger partial charge in [-0.3, -0.25) is 4.79 Å². The molecule has 0 heterocycles. The number of ketones is 1. The molecular weight excluding hydrogens is 368 g/mol. The molecule has 3 aliphatic carbocycles. The van der Waals surface area contributed by atoms with Gasteiger partial charge in [-0.05, 0) is 89.4 Å². The van der Waals surface area contributed by atoms with Gasteiger partial charge in [-0.25, -0.2) is 0 Å². The highest BCUT2D eigenvalue weighted by Gasteiger charge is 2.51. The van der Waals surface area contributed by atoms with Crippen LogP contribution in [0.5, 0.6) is 0 Å². The van der Waals surface area contributed by atoms with Crippen molar-refractivity contribution in [2.45, 2.75) is 91.9 Å². The predicted octanol–water partition coefficient (Wildman–Crippen LogP) is 7.26. The molecule has 2 heteroatoms. The van der Waals surface area contributed by atoms with Crippen LogP contribution in [0.3, 0.4) is 0 Å². The SMILES string of the molecule is CC(C)[C@@H](C)CC[C@@H](C)[C@@H]1CC[C@H]2c3ccc4c(c3CC[C@@]21C)CCC(=O)/C4=C/O. The molecule has 1 saturated carbocycles. The number of hydrogen-bond donors (Lipinski definition) is 1. The number of carbonyl (C=O) groups excluding carboxylic acids is 1. The molecule has 3 aliphatic rings. The smallest absolute Gasteiger partial charge is 0.166 e. The summed E-state index contributed by atoms with van der Waals surface area (Å²) in [6.45, 7) is 12.2. The Balaban J connectivity index is 1.59. The van der Waals surface area contributed by atoms with Gasteiger partial charge in [0.25, 0.3) is 0 Å². The second-order valence-corrected chi connectivity index (χ2v) is 11.1. The summed E-state index contributed by atoms with van der Waals surface area (Å²) in [5, 5.41) is 9.64. The van der Waals surface area contributed by atoms with Gasteiger partial charge in [0.15, 0.2) is 5.78 Å². The Hall–Kier alpha value is -1.57. The number of fused-ring (bicyclic) bond motifs is 5. The molecule has 0 spiro atoms. The number of allylic oxidation sites excluding steroid dienone is 1. The third kappa shape index (κ3) is 3.45. The number of benzene rings is 1. The van der Waals surface area contributed by atoms with Gasteiger partial charge in [-0.15, -0.1) is 0 Å². The monoisotopic (exact) mass is 408 g/mol. The Morgan fingerprint density at radius 2 is 1.83 bits per heavy atom. The molecule has 4 rings (SSSR count). The fourth-order valence-electron chi connectivity index (χ4n) is 7.06. The first kappa shape index (κ1) is 21.7. The Morgan fingerprint density at radius 3 is 2.53 bits per heavy atom. The highest BCUT2D eigenvalue weighted by molar-refractivity contribution is 6.22. The molecule has 0 amide bonds. The van der Waals surface area contributed by atoms with Crippen LogP contribution in [0.1, 0.15) is 101 Å². The van der Waals surface area contributed by atoms with E-state index in [-0.39, 0.29) is 5.78 Å². The summed E-state index contributed by atoms with van der Waals surface area (Å²) in [6.07, 6.45) is 10.2. The number of aliphatic hydroxyl groups excluding tert-OH is 1. The van der Waals surface area contributed by atoms with Crippen LogP contribution < -0.4 is 0 Å². The summed E-state index contributed by atoms with van der Waals surface area (Å²) >= 11 is 0. The third-order valence-electron chi connectivity index (χ3n) is 9.39. The lowest BCUT2D eigenvalue weighted by molar-refractivity contribution is -0.114. The predicted molar refractivity (Wildman–Crippen MR) is 125 cm³/mol. The molecule has 0 bridgehead atoms. The largest absolute Gasteiger partial charge is 0.515 e. The van der Waals surface area contributed by atoms with Crippen LogP contribution in [-0.2, 0) is 17.6 Å². The summed E-state index contributed by atoms with van der Waals surface area (Å²) in [5.74, 6) is 3.94. The molecule has 1 N–H and O–H groups in total. The second-order valence-electron chi connectivity index (χ2n) is 11.1. The van der Waals surface area contributed by atoms with Gasteiger partial charge < -0.3 is 5.11 Å². The van der Waals surface area contributed by atoms with E-state index < -0.39 is 0 Å². The van der Waals surface area contributed by atoms with Crippen molar-refractivity contribution in [1.82, 2.24) is 0 Å².